The summed E-state index contributed by atoms with van der Waals surface area (Å²) in [5.74, 6) is 0. The second-order valence-corrected chi connectivity index (χ2v) is 4.30. The van der Waals surface area contributed by atoms with Crippen molar-refractivity contribution in [2.45, 2.75) is 6.92 Å². The minimum atomic E-state index is 0.765. The van der Waals surface area contributed by atoms with E-state index in [4.69, 9.17) is 16.3 Å². The highest BCUT2D eigenvalue weighted by Gasteiger charge is 2.01. The van der Waals surface area contributed by atoms with Gasteiger partial charge in [-0.2, -0.15) is 0 Å². The number of nitrogens with one attached hydrogen (secondary N) is 1. The first-order valence-corrected chi connectivity index (χ1v) is 6.34. The first-order chi connectivity index (χ1) is 8.26. The molecule has 96 valence electrons. The fraction of sp³-hybridized carbons (Fsp3) is 0.538. The summed E-state index contributed by atoms with van der Waals surface area (Å²) in [5.41, 5.74) is 1.07. The molecular weight excluding hydrogens is 236 g/mol. The van der Waals surface area contributed by atoms with Gasteiger partial charge in [0.15, 0.2) is 0 Å². The second kappa shape index (κ2) is 8.34. The average molecular weight is 257 g/mol. The number of halogens is 1. The van der Waals surface area contributed by atoms with E-state index in [1.165, 1.54) is 0 Å². The summed E-state index contributed by atoms with van der Waals surface area (Å²) in [6, 6.07) is 7.79. The lowest BCUT2D eigenvalue weighted by Crippen LogP contribution is -2.31. The van der Waals surface area contributed by atoms with Crippen LogP contribution in [0.15, 0.2) is 24.3 Å². The van der Waals surface area contributed by atoms with Crippen LogP contribution in [0.5, 0.6) is 0 Å². The average Bonchev–Trinajstić information content (AvgIpc) is 2.33. The van der Waals surface area contributed by atoms with Crippen molar-refractivity contribution >= 4 is 17.3 Å². The van der Waals surface area contributed by atoms with Crippen LogP contribution < -0.4 is 5.32 Å². The van der Waals surface area contributed by atoms with Crippen molar-refractivity contribution in [2.24, 2.45) is 0 Å². The fourth-order valence-electron chi connectivity index (χ4n) is 1.61. The molecule has 3 nitrogen and oxygen atoms in total. The molecule has 0 radical (unpaired) electrons. The molecule has 0 heterocycles. The number of ether oxygens (including phenoxy) is 1. The number of hydrogen-bond acceptors (Lipinski definition) is 3. The Kier molecular flexibility index (Phi) is 7.01. The minimum Gasteiger partial charge on any atom is -0.384 e. The van der Waals surface area contributed by atoms with E-state index in [1.807, 2.05) is 24.3 Å². The molecule has 1 N–H and O–H groups in total. The molecule has 0 amide bonds. The SMILES string of the molecule is CCN(CCNc1cccc(Cl)c1)CCOC. The molecule has 0 aliphatic carbocycles. The molecule has 1 aromatic carbocycles. The fourth-order valence-corrected chi connectivity index (χ4v) is 1.80. The van der Waals surface area contributed by atoms with Crippen molar-refractivity contribution in [3.63, 3.8) is 0 Å². The van der Waals surface area contributed by atoms with E-state index in [9.17, 15) is 0 Å². The third-order valence-corrected chi connectivity index (χ3v) is 2.88. The third-order valence-electron chi connectivity index (χ3n) is 2.64. The van der Waals surface area contributed by atoms with E-state index in [0.717, 1.165) is 43.5 Å². The monoisotopic (exact) mass is 256 g/mol. The van der Waals surface area contributed by atoms with Crippen LogP contribution in [0, 0.1) is 0 Å². The van der Waals surface area contributed by atoms with Crippen LogP contribution >= 0.6 is 11.6 Å². The molecule has 1 rings (SSSR count). The molecule has 0 aliphatic rings. The Morgan fingerprint density at radius 2 is 2.18 bits per heavy atom. The number of anilines is 1. The number of hydrogen-bond donors (Lipinski definition) is 1. The second-order valence-electron chi connectivity index (χ2n) is 3.86. The summed E-state index contributed by atoms with van der Waals surface area (Å²) < 4.78 is 5.07. The molecule has 4 heteroatoms. The maximum Gasteiger partial charge on any atom is 0.0589 e. The Bertz CT molecular complexity index is 320. The lowest BCUT2D eigenvalue weighted by molar-refractivity contribution is 0.153. The summed E-state index contributed by atoms with van der Waals surface area (Å²) >= 11 is 5.92. The molecule has 0 saturated carbocycles. The van der Waals surface area contributed by atoms with Gasteiger partial charge in [-0.3, -0.25) is 4.90 Å². The van der Waals surface area contributed by atoms with Gasteiger partial charge in [0.25, 0.3) is 0 Å². The van der Waals surface area contributed by atoms with Crippen molar-refractivity contribution in [1.29, 1.82) is 0 Å². The van der Waals surface area contributed by atoms with Crippen molar-refractivity contribution < 1.29 is 4.74 Å². The predicted octanol–water partition coefficient (Wildman–Crippen LogP) is 2.72. The van der Waals surface area contributed by atoms with Crippen LogP contribution in [0.4, 0.5) is 5.69 Å². The van der Waals surface area contributed by atoms with Gasteiger partial charge in [0.2, 0.25) is 0 Å². The molecule has 0 aliphatic heterocycles. The van der Waals surface area contributed by atoms with E-state index in [0.29, 0.717) is 0 Å². The highest BCUT2D eigenvalue weighted by atomic mass is 35.5. The van der Waals surface area contributed by atoms with Gasteiger partial charge >= 0.3 is 0 Å². The van der Waals surface area contributed by atoms with Gasteiger partial charge in [0.05, 0.1) is 6.61 Å². The van der Waals surface area contributed by atoms with E-state index < -0.39 is 0 Å². The predicted molar refractivity (Wildman–Crippen MR) is 73.9 cm³/mol. The maximum absolute atomic E-state index is 5.92. The molecule has 0 aromatic heterocycles. The van der Waals surface area contributed by atoms with Crippen LogP contribution in [-0.2, 0) is 4.74 Å². The van der Waals surface area contributed by atoms with Gasteiger partial charge in [0, 0.05) is 37.5 Å². The number of likely N-dealkylation sites (N-methyl/N-ethyl adjacent to an activating group) is 1. The Morgan fingerprint density at radius 1 is 1.35 bits per heavy atom. The summed E-state index contributed by atoms with van der Waals surface area (Å²) in [4.78, 5) is 2.35. The zero-order valence-electron chi connectivity index (χ0n) is 10.6. The normalized spacial score (nSPS) is 10.8. The van der Waals surface area contributed by atoms with E-state index in [1.54, 1.807) is 7.11 Å². The summed E-state index contributed by atoms with van der Waals surface area (Å²) in [6.45, 7) is 6.88. The van der Waals surface area contributed by atoms with Gasteiger partial charge in [-0.05, 0) is 24.7 Å². The van der Waals surface area contributed by atoms with Crippen molar-refractivity contribution in [3.05, 3.63) is 29.3 Å². The third kappa shape index (κ3) is 5.91. The summed E-state index contributed by atoms with van der Waals surface area (Å²) in [6.07, 6.45) is 0. The Morgan fingerprint density at radius 3 is 2.82 bits per heavy atom. The molecule has 0 saturated heterocycles. The first kappa shape index (κ1) is 14.3. The van der Waals surface area contributed by atoms with Crippen molar-refractivity contribution in [3.8, 4) is 0 Å². The van der Waals surface area contributed by atoms with Gasteiger partial charge in [0.1, 0.15) is 0 Å². The van der Waals surface area contributed by atoms with Crippen LogP contribution in [0.1, 0.15) is 6.92 Å². The van der Waals surface area contributed by atoms with Crippen molar-refractivity contribution in [1.82, 2.24) is 4.90 Å². The zero-order chi connectivity index (χ0) is 12.5. The topological polar surface area (TPSA) is 24.5 Å². The number of rotatable bonds is 8. The molecular formula is C13H21ClN2O. The van der Waals surface area contributed by atoms with Gasteiger partial charge in [-0.25, -0.2) is 0 Å². The smallest absolute Gasteiger partial charge is 0.0589 e. The Hall–Kier alpha value is -0.770. The number of methoxy groups -OCH3 is 1. The maximum atomic E-state index is 5.92. The van der Waals surface area contributed by atoms with E-state index >= 15 is 0 Å². The molecule has 0 unspecified atom stereocenters. The quantitative estimate of drug-likeness (QED) is 0.774. The lowest BCUT2D eigenvalue weighted by atomic mass is 10.3. The minimum absolute atomic E-state index is 0.765. The van der Waals surface area contributed by atoms with Crippen LogP contribution in [0.3, 0.4) is 0 Å². The van der Waals surface area contributed by atoms with E-state index in [2.05, 4.69) is 17.1 Å². The Labute approximate surface area is 109 Å². The number of nitrogens with zero attached hydrogens (tertiary/aromatic N) is 1. The molecule has 0 spiro atoms. The standard InChI is InChI=1S/C13H21ClN2O/c1-3-16(9-10-17-2)8-7-15-13-6-4-5-12(14)11-13/h4-6,11,15H,3,7-10H2,1-2H3. The molecule has 17 heavy (non-hydrogen) atoms. The van der Waals surface area contributed by atoms with Crippen LogP contribution in [0.2, 0.25) is 5.02 Å². The molecule has 1 aromatic rings. The molecule has 0 atom stereocenters. The van der Waals surface area contributed by atoms with Gasteiger partial charge < -0.3 is 10.1 Å². The summed E-state index contributed by atoms with van der Waals surface area (Å²) in [5, 5.41) is 4.13. The first-order valence-electron chi connectivity index (χ1n) is 5.97. The highest BCUT2D eigenvalue weighted by Crippen LogP contribution is 2.14. The van der Waals surface area contributed by atoms with Crippen LogP contribution in [-0.4, -0.2) is 44.8 Å². The lowest BCUT2D eigenvalue weighted by Gasteiger charge is -2.20. The van der Waals surface area contributed by atoms with Crippen LogP contribution in [0.25, 0.3) is 0 Å². The molecule has 0 bridgehead atoms. The molecule has 0 fully saturated rings. The Balaban J connectivity index is 2.26. The summed E-state index contributed by atoms with van der Waals surface area (Å²) in [7, 11) is 1.73. The zero-order valence-corrected chi connectivity index (χ0v) is 11.3. The highest BCUT2D eigenvalue weighted by molar-refractivity contribution is 6.30. The van der Waals surface area contributed by atoms with Gasteiger partial charge in [-0.1, -0.05) is 24.6 Å². The van der Waals surface area contributed by atoms with E-state index in [-0.39, 0.29) is 0 Å². The number of benzene rings is 1. The van der Waals surface area contributed by atoms with Crippen molar-refractivity contribution in [2.75, 3.05) is 45.2 Å². The van der Waals surface area contributed by atoms with Gasteiger partial charge in [-0.15, -0.1) is 0 Å². The largest absolute Gasteiger partial charge is 0.384 e.